The predicted octanol–water partition coefficient (Wildman–Crippen LogP) is 6.26. The molecular formula is C19H14Cl3N3O2S2. The summed E-state index contributed by atoms with van der Waals surface area (Å²) in [6.07, 6.45) is 0. The van der Waals surface area contributed by atoms with Gasteiger partial charge in [0, 0.05) is 22.1 Å². The van der Waals surface area contributed by atoms with Crippen molar-refractivity contribution in [1.82, 2.24) is 0 Å². The van der Waals surface area contributed by atoms with Gasteiger partial charge in [-0.05, 0) is 78.9 Å². The number of hydrogen-bond acceptors (Lipinski definition) is 3. The summed E-state index contributed by atoms with van der Waals surface area (Å²) in [7, 11) is -3.73. The maximum absolute atomic E-state index is 12.5. The summed E-state index contributed by atoms with van der Waals surface area (Å²) in [6.45, 7) is 0. The van der Waals surface area contributed by atoms with Crippen molar-refractivity contribution in [2.45, 2.75) is 4.90 Å². The Hall–Kier alpha value is -2.03. The van der Waals surface area contributed by atoms with Crippen molar-refractivity contribution < 1.29 is 8.42 Å². The van der Waals surface area contributed by atoms with E-state index in [1.165, 1.54) is 12.1 Å². The number of hydrogen-bond donors (Lipinski definition) is 3. The van der Waals surface area contributed by atoms with Crippen LogP contribution in [-0.2, 0) is 10.0 Å². The molecule has 0 fully saturated rings. The maximum atomic E-state index is 12.5. The van der Waals surface area contributed by atoms with Crippen LogP contribution in [-0.4, -0.2) is 13.5 Å². The molecule has 3 rings (SSSR count). The van der Waals surface area contributed by atoms with Gasteiger partial charge in [-0.15, -0.1) is 0 Å². The lowest BCUT2D eigenvalue weighted by atomic mass is 10.3. The molecule has 0 aliphatic rings. The van der Waals surface area contributed by atoms with Crippen LogP contribution in [0.2, 0.25) is 15.1 Å². The monoisotopic (exact) mass is 485 g/mol. The van der Waals surface area contributed by atoms with E-state index in [0.29, 0.717) is 37.2 Å². The highest BCUT2D eigenvalue weighted by Gasteiger charge is 2.14. The van der Waals surface area contributed by atoms with Gasteiger partial charge in [-0.2, -0.15) is 0 Å². The molecule has 3 aromatic carbocycles. The molecule has 3 N–H and O–H groups in total. The molecule has 0 radical (unpaired) electrons. The van der Waals surface area contributed by atoms with Crippen molar-refractivity contribution in [2.75, 3.05) is 15.4 Å². The van der Waals surface area contributed by atoms with E-state index in [9.17, 15) is 8.42 Å². The third kappa shape index (κ3) is 5.98. The Balaban J connectivity index is 1.65. The number of thiocarbonyl (C=S) groups is 1. The molecule has 0 atom stereocenters. The average Bonchev–Trinajstić information content (AvgIpc) is 2.67. The fraction of sp³-hybridized carbons (Fsp3) is 0. The van der Waals surface area contributed by atoms with Gasteiger partial charge in [0.1, 0.15) is 0 Å². The lowest BCUT2D eigenvalue weighted by molar-refractivity contribution is 0.601. The van der Waals surface area contributed by atoms with Crippen LogP contribution in [0.5, 0.6) is 0 Å². The summed E-state index contributed by atoms with van der Waals surface area (Å²) in [5, 5.41) is 7.64. The van der Waals surface area contributed by atoms with Crippen molar-refractivity contribution in [3.63, 3.8) is 0 Å². The van der Waals surface area contributed by atoms with E-state index < -0.39 is 10.0 Å². The first-order chi connectivity index (χ1) is 13.7. The topological polar surface area (TPSA) is 70.2 Å². The Kier molecular flexibility index (Phi) is 6.87. The Morgan fingerprint density at radius 1 is 0.724 bits per heavy atom. The van der Waals surface area contributed by atoms with E-state index in [2.05, 4.69) is 15.4 Å². The molecule has 0 saturated carbocycles. The average molecular weight is 487 g/mol. The van der Waals surface area contributed by atoms with Gasteiger partial charge in [-0.1, -0.05) is 34.8 Å². The summed E-state index contributed by atoms with van der Waals surface area (Å²) in [4.78, 5) is 0.112. The first-order valence-electron chi connectivity index (χ1n) is 8.14. The lowest BCUT2D eigenvalue weighted by Crippen LogP contribution is -2.19. The summed E-state index contributed by atoms with van der Waals surface area (Å²) >= 11 is 22.9. The third-order valence-corrected chi connectivity index (χ3v) is 6.29. The van der Waals surface area contributed by atoms with Gasteiger partial charge in [0.2, 0.25) is 0 Å². The zero-order chi connectivity index (χ0) is 21.0. The van der Waals surface area contributed by atoms with Gasteiger partial charge >= 0.3 is 0 Å². The van der Waals surface area contributed by atoms with Gasteiger partial charge < -0.3 is 10.6 Å². The fourth-order valence-corrected chi connectivity index (χ4v) is 4.04. The number of benzene rings is 3. The molecule has 0 bridgehead atoms. The van der Waals surface area contributed by atoms with Gasteiger partial charge in [0.05, 0.1) is 14.9 Å². The van der Waals surface area contributed by atoms with Crippen LogP contribution in [0, 0.1) is 0 Å². The van der Waals surface area contributed by atoms with Crippen LogP contribution in [0.15, 0.2) is 71.6 Å². The SMILES string of the molecule is O=S(=O)(Nc1ccc(Cl)cc1)c1ccc(NC(=S)Nc2ccc(Cl)c(Cl)c2)cc1. The molecule has 0 unspecified atom stereocenters. The fourth-order valence-electron chi connectivity index (χ4n) is 2.32. The molecular weight excluding hydrogens is 473 g/mol. The molecule has 0 aliphatic carbocycles. The summed E-state index contributed by atoms with van der Waals surface area (Å²) in [5.41, 5.74) is 1.71. The molecule has 29 heavy (non-hydrogen) atoms. The van der Waals surface area contributed by atoms with Gasteiger partial charge in [-0.25, -0.2) is 8.42 Å². The maximum Gasteiger partial charge on any atom is 0.261 e. The molecule has 10 heteroatoms. The minimum atomic E-state index is -3.73. The summed E-state index contributed by atoms with van der Waals surface area (Å²) in [6, 6.07) is 17.6. The van der Waals surface area contributed by atoms with Crippen LogP contribution in [0.4, 0.5) is 17.1 Å². The first-order valence-corrected chi connectivity index (χ1v) is 11.2. The van der Waals surface area contributed by atoms with E-state index in [4.69, 9.17) is 47.0 Å². The third-order valence-electron chi connectivity index (χ3n) is 3.70. The second kappa shape index (κ2) is 9.19. The molecule has 5 nitrogen and oxygen atoms in total. The highest BCUT2D eigenvalue weighted by Crippen LogP contribution is 2.25. The molecule has 150 valence electrons. The number of nitrogens with one attached hydrogen (secondary N) is 3. The largest absolute Gasteiger partial charge is 0.332 e. The molecule has 0 heterocycles. The predicted molar refractivity (Wildman–Crippen MR) is 125 cm³/mol. The van der Waals surface area contributed by atoms with E-state index in [1.807, 2.05) is 0 Å². The van der Waals surface area contributed by atoms with Crippen LogP contribution in [0.25, 0.3) is 0 Å². The molecule has 0 aromatic heterocycles. The normalized spacial score (nSPS) is 11.0. The second-order valence-electron chi connectivity index (χ2n) is 5.84. The molecule has 0 amide bonds. The van der Waals surface area contributed by atoms with Crippen LogP contribution in [0.3, 0.4) is 0 Å². The Morgan fingerprint density at radius 3 is 1.90 bits per heavy atom. The number of sulfonamides is 1. The number of rotatable bonds is 5. The highest BCUT2D eigenvalue weighted by molar-refractivity contribution is 7.92. The van der Waals surface area contributed by atoms with Gasteiger partial charge in [0.15, 0.2) is 5.11 Å². The van der Waals surface area contributed by atoms with Crippen molar-refractivity contribution in [3.05, 3.63) is 81.8 Å². The zero-order valence-corrected chi connectivity index (χ0v) is 18.5. The summed E-state index contributed by atoms with van der Waals surface area (Å²) in [5.74, 6) is 0. The quantitative estimate of drug-likeness (QED) is 0.371. The Bertz CT molecular complexity index is 1140. The first kappa shape index (κ1) is 21.7. The van der Waals surface area contributed by atoms with Gasteiger partial charge in [-0.3, -0.25) is 4.72 Å². The highest BCUT2D eigenvalue weighted by atomic mass is 35.5. The van der Waals surface area contributed by atoms with E-state index in [-0.39, 0.29) is 4.90 Å². The van der Waals surface area contributed by atoms with Gasteiger partial charge in [0.25, 0.3) is 10.0 Å². The van der Waals surface area contributed by atoms with Crippen LogP contribution < -0.4 is 15.4 Å². The van der Waals surface area contributed by atoms with E-state index >= 15 is 0 Å². The van der Waals surface area contributed by atoms with Crippen LogP contribution >= 0.6 is 47.0 Å². The number of anilines is 3. The Labute approximate surface area is 189 Å². The minimum absolute atomic E-state index is 0.112. The Morgan fingerprint density at radius 2 is 1.28 bits per heavy atom. The molecule has 3 aromatic rings. The number of halogens is 3. The smallest absolute Gasteiger partial charge is 0.261 e. The molecule has 0 spiro atoms. The van der Waals surface area contributed by atoms with Crippen molar-refractivity contribution in [1.29, 1.82) is 0 Å². The van der Waals surface area contributed by atoms with E-state index in [1.54, 1.807) is 54.6 Å². The van der Waals surface area contributed by atoms with Crippen LogP contribution in [0.1, 0.15) is 0 Å². The summed E-state index contributed by atoms with van der Waals surface area (Å²) < 4.78 is 27.5. The van der Waals surface area contributed by atoms with Crippen molar-refractivity contribution >= 4 is 79.2 Å². The minimum Gasteiger partial charge on any atom is -0.332 e. The zero-order valence-electron chi connectivity index (χ0n) is 14.6. The van der Waals surface area contributed by atoms with Crippen molar-refractivity contribution in [2.24, 2.45) is 0 Å². The standard InChI is InChI=1S/C19H14Cl3N3O2S2/c20-12-1-3-14(4-2-12)25-29(26,27)16-8-5-13(6-9-16)23-19(28)24-15-7-10-17(21)18(22)11-15/h1-11,25H,(H2,23,24,28). The second-order valence-corrected chi connectivity index (χ2v) is 9.19. The molecule has 0 saturated heterocycles. The van der Waals surface area contributed by atoms with E-state index in [0.717, 1.165) is 0 Å². The lowest BCUT2D eigenvalue weighted by Gasteiger charge is -2.12. The van der Waals surface area contributed by atoms with Crippen molar-refractivity contribution in [3.8, 4) is 0 Å². The molecule has 0 aliphatic heterocycles.